The molecule has 0 N–H and O–H groups in total. The topological polar surface area (TPSA) is 60.4 Å². The predicted octanol–water partition coefficient (Wildman–Crippen LogP) is 0.747. The normalized spacial score (nSPS) is 11.5. The Hall–Kier alpha value is -1.44. The van der Waals surface area contributed by atoms with Crippen molar-refractivity contribution >= 4 is 15.4 Å². The molecule has 0 heterocycles. The summed E-state index contributed by atoms with van der Waals surface area (Å²) in [7, 11) is 0. The van der Waals surface area contributed by atoms with Gasteiger partial charge in [0.25, 0.3) is 0 Å². The van der Waals surface area contributed by atoms with E-state index in [0.717, 1.165) is 0 Å². The Balaban J connectivity index is 2.66. The molecule has 0 radical (unpaired) electrons. The Kier molecular flexibility index (Phi) is 4.22. The molecule has 0 aliphatic heterocycles. The molecule has 0 aromatic heterocycles. The third kappa shape index (κ3) is 3.01. The second kappa shape index (κ2) is 5.45. The van der Waals surface area contributed by atoms with Crippen LogP contribution in [0.25, 0.3) is 0 Å². The molecule has 0 amide bonds. The first-order valence-corrected chi connectivity index (χ1v) is 7.22. The molecule has 0 atom stereocenters. The molecule has 0 saturated heterocycles. The van der Waals surface area contributed by atoms with Crippen molar-refractivity contribution in [3.8, 4) is 5.75 Å². The average Bonchev–Trinajstić information content (AvgIpc) is 2.33. The van der Waals surface area contributed by atoms with E-state index in [1.807, 2.05) is 6.07 Å². The maximum absolute atomic E-state index is 10.6. The van der Waals surface area contributed by atoms with Gasteiger partial charge in [0.15, 0.2) is 0 Å². The fourth-order valence-electron chi connectivity index (χ4n) is 0.838. The van der Waals surface area contributed by atoms with Crippen LogP contribution in [0.5, 0.6) is 5.75 Å². The molecule has 0 spiro atoms. The summed E-state index contributed by atoms with van der Waals surface area (Å²) in [6.07, 6.45) is 0. The number of benzene rings is 1. The van der Waals surface area contributed by atoms with Gasteiger partial charge < -0.3 is 0 Å². The number of hydrogen-bond donors (Lipinski definition) is 0. The summed E-state index contributed by atoms with van der Waals surface area (Å²) < 4.78 is 5.22. The van der Waals surface area contributed by atoms with Crippen molar-refractivity contribution in [3.05, 3.63) is 30.3 Å². The molecule has 1 aromatic rings. The first kappa shape index (κ1) is 11.6. The van der Waals surface area contributed by atoms with Crippen molar-refractivity contribution in [1.82, 2.24) is 0 Å². The van der Waals surface area contributed by atoms with Gasteiger partial charge in [-0.3, -0.25) is 0 Å². The van der Waals surface area contributed by atoms with E-state index < -0.39 is 13.1 Å². The van der Waals surface area contributed by atoms with Crippen molar-refractivity contribution in [2.24, 2.45) is 0 Å². The molecule has 5 heteroatoms. The van der Waals surface area contributed by atoms with Crippen molar-refractivity contribution in [2.45, 2.75) is 0 Å². The molecule has 1 aromatic carbocycles. The van der Waals surface area contributed by atoms with Gasteiger partial charge in [0, 0.05) is 0 Å². The van der Waals surface area contributed by atoms with Crippen LogP contribution in [0.1, 0.15) is 0 Å². The van der Waals surface area contributed by atoms with Gasteiger partial charge in [-0.05, 0) is 0 Å². The van der Waals surface area contributed by atoms with Gasteiger partial charge >= 0.3 is 89.2 Å². The first-order chi connectivity index (χ1) is 7.26. The van der Waals surface area contributed by atoms with Crippen LogP contribution in [0.4, 0.5) is 0 Å². The minimum atomic E-state index is -3.35. The molecule has 0 unspecified atom stereocenters. The van der Waals surface area contributed by atoms with E-state index in [2.05, 4.69) is 0 Å². The summed E-state index contributed by atoms with van der Waals surface area (Å²) in [5.74, 6) is 0.546. The molecule has 0 fully saturated rings. The number of ether oxygens (including phenoxy) is 1. The summed E-state index contributed by atoms with van der Waals surface area (Å²) in [5.41, 5.74) is -0.114. The Morgan fingerprint density at radius 2 is 1.53 bits per heavy atom. The summed E-state index contributed by atoms with van der Waals surface area (Å²) in [6, 6.07) is 8.75. The summed E-state index contributed by atoms with van der Waals surface area (Å²) in [4.78, 5) is 31.9. The number of carbonyl (C=O) groups excluding carboxylic acids is 3. The fourth-order valence-corrected chi connectivity index (χ4v) is 1.84. The van der Waals surface area contributed by atoms with Gasteiger partial charge in [0.2, 0.25) is 0 Å². The van der Waals surface area contributed by atoms with Gasteiger partial charge in [-0.25, -0.2) is 0 Å². The third-order valence-corrected chi connectivity index (χ3v) is 4.21. The van der Waals surface area contributed by atoms with Crippen molar-refractivity contribution in [1.29, 1.82) is 0 Å². The second-order valence-electron chi connectivity index (χ2n) is 2.77. The van der Waals surface area contributed by atoms with Crippen molar-refractivity contribution in [3.63, 3.8) is 0 Å². The number of para-hydroxylation sites is 1. The van der Waals surface area contributed by atoms with Crippen LogP contribution in [0.2, 0.25) is 0 Å². The number of hydrogen-bond acceptors (Lipinski definition) is 4. The van der Waals surface area contributed by atoms with Crippen LogP contribution < -0.4 is 4.74 Å². The number of carbonyl (C=O) groups is 3. The maximum atomic E-state index is 10.6. The predicted molar refractivity (Wildman–Crippen MR) is 52.2 cm³/mol. The molecular formula is C10H10CrO4. The zero-order valence-electron chi connectivity index (χ0n) is 7.87. The molecule has 0 bridgehead atoms. The molecule has 1 rings (SSSR count). The molecule has 4 nitrogen and oxygen atoms in total. The van der Waals surface area contributed by atoms with Crippen molar-refractivity contribution in [2.75, 3.05) is 5.47 Å². The van der Waals surface area contributed by atoms with Crippen LogP contribution in [0.15, 0.2) is 30.3 Å². The molecule has 80 valence electrons. The van der Waals surface area contributed by atoms with Gasteiger partial charge in [-0.15, -0.1) is 0 Å². The van der Waals surface area contributed by atoms with E-state index >= 15 is 0 Å². The zero-order valence-corrected chi connectivity index (χ0v) is 9.14. The minimum absolute atomic E-state index is 0.114. The van der Waals surface area contributed by atoms with E-state index in [4.69, 9.17) is 4.74 Å². The quantitative estimate of drug-likeness (QED) is 0.695. The third-order valence-electron chi connectivity index (χ3n) is 1.71. The monoisotopic (exact) mass is 246 g/mol. The summed E-state index contributed by atoms with van der Waals surface area (Å²) in [5, 5.41) is 1.33. The summed E-state index contributed by atoms with van der Waals surface area (Å²) >= 11 is -3.35. The van der Waals surface area contributed by atoms with E-state index in [0.29, 0.717) is 21.2 Å². The summed E-state index contributed by atoms with van der Waals surface area (Å²) in [6.45, 7) is 0. The van der Waals surface area contributed by atoms with Crippen LogP contribution in [0.3, 0.4) is 0 Å². The molecule has 0 aliphatic rings. The number of rotatable bonds is 6. The zero-order chi connectivity index (χ0) is 11.1. The van der Waals surface area contributed by atoms with Gasteiger partial charge in [0.05, 0.1) is 0 Å². The van der Waals surface area contributed by atoms with E-state index in [1.165, 1.54) is 0 Å². The van der Waals surface area contributed by atoms with Gasteiger partial charge in [0.1, 0.15) is 0 Å². The Labute approximate surface area is 89.5 Å². The van der Waals surface area contributed by atoms with Gasteiger partial charge in [-0.1, -0.05) is 0 Å². The molecular weight excluding hydrogens is 236 g/mol. The average molecular weight is 246 g/mol. The van der Waals surface area contributed by atoms with Crippen LogP contribution in [-0.2, 0) is 27.5 Å². The van der Waals surface area contributed by atoms with Gasteiger partial charge in [-0.2, -0.15) is 0 Å². The van der Waals surface area contributed by atoms with Crippen LogP contribution in [-0.4, -0.2) is 20.9 Å². The Morgan fingerprint density at radius 1 is 1.00 bits per heavy atom. The fraction of sp³-hybridized carbons (Fsp3) is 0.100. The van der Waals surface area contributed by atoms with E-state index in [9.17, 15) is 14.4 Å². The first-order valence-electron chi connectivity index (χ1n) is 4.11. The van der Waals surface area contributed by atoms with Crippen LogP contribution >= 0.6 is 0 Å². The SMILES string of the molecule is O=[CH][Cr]([CH]=O)([CH]=O)[CH2]Oc1ccccc1. The molecule has 15 heavy (non-hydrogen) atoms. The van der Waals surface area contributed by atoms with E-state index in [-0.39, 0.29) is 5.47 Å². The molecule has 0 saturated carbocycles. The molecule has 0 aliphatic carbocycles. The Bertz CT molecular complexity index is 328. The van der Waals surface area contributed by atoms with E-state index in [1.54, 1.807) is 24.3 Å². The Morgan fingerprint density at radius 3 is 2.00 bits per heavy atom. The standard InChI is InChI=1S/C7H7O.3CHO.Cr/c1-8-7-5-3-2-4-6-7;3*1-2;/h2-6H,1H2;3*1H;. The van der Waals surface area contributed by atoms with Crippen molar-refractivity contribution < 1.29 is 32.2 Å². The second-order valence-corrected chi connectivity index (χ2v) is 6.88. The van der Waals surface area contributed by atoms with Crippen LogP contribution in [0, 0.1) is 0 Å².